The van der Waals surface area contributed by atoms with Crippen LogP contribution in [0.2, 0.25) is 0 Å². The van der Waals surface area contributed by atoms with E-state index in [1.165, 1.54) is 0 Å². The highest BCUT2D eigenvalue weighted by Crippen LogP contribution is 2.18. The van der Waals surface area contributed by atoms with Gasteiger partial charge in [0.2, 0.25) is 5.91 Å². The number of carbonyl (C=O) groups excluding carboxylic acids is 1. The topological polar surface area (TPSA) is 50.8 Å². The highest BCUT2D eigenvalue weighted by molar-refractivity contribution is 5.78. The van der Waals surface area contributed by atoms with E-state index < -0.39 is 0 Å². The van der Waals surface area contributed by atoms with Crippen LogP contribution in [0.3, 0.4) is 0 Å². The molecule has 0 aromatic carbocycles. The van der Waals surface area contributed by atoms with E-state index in [2.05, 4.69) is 5.32 Å². The minimum atomic E-state index is 0.106. The van der Waals surface area contributed by atoms with Gasteiger partial charge in [0, 0.05) is 33.4 Å². The Bertz CT molecular complexity index is 199. The van der Waals surface area contributed by atoms with Gasteiger partial charge in [0.05, 0.1) is 19.8 Å². The fourth-order valence-electron chi connectivity index (χ4n) is 1.41. The van der Waals surface area contributed by atoms with Crippen molar-refractivity contribution in [3.05, 3.63) is 0 Å². The number of carbonyl (C=O) groups is 1. The van der Waals surface area contributed by atoms with Crippen molar-refractivity contribution >= 4 is 5.91 Å². The number of ether oxygens (including phenoxy) is 2. The zero-order chi connectivity index (χ0) is 11.8. The van der Waals surface area contributed by atoms with Gasteiger partial charge in [0.25, 0.3) is 0 Å². The van der Waals surface area contributed by atoms with Crippen LogP contribution in [0.1, 0.15) is 12.8 Å². The van der Waals surface area contributed by atoms with Gasteiger partial charge in [-0.05, 0) is 12.8 Å². The predicted molar refractivity (Wildman–Crippen MR) is 61.4 cm³/mol. The maximum absolute atomic E-state index is 11.6. The number of hydrogen-bond donors (Lipinski definition) is 1. The summed E-state index contributed by atoms with van der Waals surface area (Å²) in [6.45, 7) is 3.24. The van der Waals surface area contributed by atoms with Gasteiger partial charge in [-0.25, -0.2) is 0 Å². The van der Waals surface area contributed by atoms with Crippen LogP contribution < -0.4 is 5.32 Å². The lowest BCUT2D eigenvalue weighted by Gasteiger charge is -2.20. The average molecular weight is 230 g/mol. The molecule has 0 unspecified atom stereocenters. The zero-order valence-corrected chi connectivity index (χ0v) is 10.2. The first-order chi connectivity index (χ1) is 7.76. The Balaban J connectivity index is 2.19. The Labute approximate surface area is 97.1 Å². The summed E-state index contributed by atoms with van der Waals surface area (Å²) in [5, 5.41) is 2.97. The molecule has 94 valence electrons. The molecule has 0 aromatic heterocycles. The zero-order valence-electron chi connectivity index (χ0n) is 10.2. The van der Waals surface area contributed by atoms with E-state index in [1.807, 2.05) is 4.90 Å². The molecule has 0 bridgehead atoms. The van der Waals surface area contributed by atoms with Gasteiger partial charge in [0.1, 0.15) is 0 Å². The van der Waals surface area contributed by atoms with Crippen LogP contribution in [0.15, 0.2) is 0 Å². The van der Waals surface area contributed by atoms with Gasteiger partial charge in [0.15, 0.2) is 0 Å². The predicted octanol–water partition coefficient (Wildman–Crippen LogP) is -0.140. The molecular weight excluding hydrogens is 208 g/mol. The average Bonchev–Trinajstić information content (AvgIpc) is 3.05. The molecule has 1 aliphatic carbocycles. The number of rotatable bonds is 9. The van der Waals surface area contributed by atoms with Gasteiger partial charge >= 0.3 is 0 Å². The molecule has 1 amide bonds. The molecule has 0 saturated heterocycles. The van der Waals surface area contributed by atoms with Crippen molar-refractivity contribution in [2.45, 2.75) is 18.9 Å². The highest BCUT2D eigenvalue weighted by atomic mass is 16.5. The molecular formula is C11H22N2O3. The Morgan fingerprint density at radius 1 is 1.25 bits per heavy atom. The van der Waals surface area contributed by atoms with E-state index in [4.69, 9.17) is 9.47 Å². The third-order valence-electron chi connectivity index (χ3n) is 2.53. The van der Waals surface area contributed by atoms with Gasteiger partial charge in [-0.1, -0.05) is 0 Å². The lowest BCUT2D eigenvalue weighted by molar-refractivity contribution is -0.122. The number of hydrogen-bond acceptors (Lipinski definition) is 4. The summed E-state index contributed by atoms with van der Waals surface area (Å²) >= 11 is 0. The highest BCUT2D eigenvalue weighted by Gasteiger charge is 2.23. The molecule has 0 spiro atoms. The molecule has 0 atom stereocenters. The molecule has 0 radical (unpaired) electrons. The summed E-state index contributed by atoms with van der Waals surface area (Å²) in [4.78, 5) is 13.6. The molecule has 1 fully saturated rings. The molecule has 16 heavy (non-hydrogen) atoms. The molecule has 1 saturated carbocycles. The van der Waals surface area contributed by atoms with Gasteiger partial charge in [-0.2, -0.15) is 0 Å². The van der Waals surface area contributed by atoms with Crippen molar-refractivity contribution in [1.82, 2.24) is 10.2 Å². The van der Waals surface area contributed by atoms with Gasteiger partial charge in [-0.3, -0.25) is 9.69 Å². The number of methoxy groups -OCH3 is 2. The van der Waals surface area contributed by atoms with E-state index in [1.54, 1.807) is 14.2 Å². The smallest absolute Gasteiger partial charge is 0.234 e. The first-order valence-corrected chi connectivity index (χ1v) is 5.76. The summed E-state index contributed by atoms with van der Waals surface area (Å²) in [5.74, 6) is 0.106. The first kappa shape index (κ1) is 13.4. The Morgan fingerprint density at radius 2 is 1.81 bits per heavy atom. The maximum atomic E-state index is 11.6. The largest absolute Gasteiger partial charge is 0.383 e. The Kier molecular flexibility index (Phi) is 6.37. The second kappa shape index (κ2) is 7.60. The van der Waals surface area contributed by atoms with Crippen molar-refractivity contribution in [2.24, 2.45) is 0 Å². The summed E-state index contributed by atoms with van der Waals surface area (Å²) in [7, 11) is 3.33. The molecule has 0 aromatic rings. The monoisotopic (exact) mass is 230 g/mol. The fraction of sp³-hybridized carbons (Fsp3) is 0.909. The molecule has 1 aliphatic rings. The van der Waals surface area contributed by atoms with E-state index >= 15 is 0 Å². The minimum Gasteiger partial charge on any atom is -0.383 e. The van der Waals surface area contributed by atoms with E-state index in [0.717, 1.165) is 25.9 Å². The summed E-state index contributed by atoms with van der Waals surface area (Å²) in [6.07, 6.45) is 2.25. The SMILES string of the molecule is COCCN(CCOC)CC(=O)NC1CC1. The minimum absolute atomic E-state index is 0.106. The Morgan fingerprint density at radius 3 is 2.25 bits per heavy atom. The van der Waals surface area contributed by atoms with Crippen LogP contribution in [-0.2, 0) is 14.3 Å². The van der Waals surface area contributed by atoms with Gasteiger partial charge in [-0.15, -0.1) is 0 Å². The molecule has 0 heterocycles. The lowest BCUT2D eigenvalue weighted by Crippen LogP contribution is -2.41. The van der Waals surface area contributed by atoms with Crippen LogP contribution in [0.25, 0.3) is 0 Å². The lowest BCUT2D eigenvalue weighted by atomic mass is 10.4. The van der Waals surface area contributed by atoms with Crippen molar-refractivity contribution in [3.8, 4) is 0 Å². The number of nitrogens with zero attached hydrogens (tertiary/aromatic N) is 1. The second-order valence-corrected chi connectivity index (χ2v) is 4.10. The van der Waals surface area contributed by atoms with E-state index in [0.29, 0.717) is 25.8 Å². The first-order valence-electron chi connectivity index (χ1n) is 5.76. The van der Waals surface area contributed by atoms with Gasteiger partial charge < -0.3 is 14.8 Å². The summed E-state index contributed by atoms with van der Waals surface area (Å²) in [6, 6.07) is 0.430. The van der Waals surface area contributed by atoms with Crippen LogP contribution in [0, 0.1) is 0 Å². The molecule has 1 rings (SSSR count). The molecule has 5 nitrogen and oxygen atoms in total. The second-order valence-electron chi connectivity index (χ2n) is 4.10. The molecule has 1 N–H and O–H groups in total. The number of amides is 1. The van der Waals surface area contributed by atoms with Crippen molar-refractivity contribution in [1.29, 1.82) is 0 Å². The fourth-order valence-corrected chi connectivity index (χ4v) is 1.41. The molecule has 5 heteroatoms. The third-order valence-corrected chi connectivity index (χ3v) is 2.53. The standard InChI is InChI=1S/C11H22N2O3/c1-15-7-5-13(6-8-16-2)9-11(14)12-10-3-4-10/h10H,3-9H2,1-2H3,(H,12,14). The van der Waals surface area contributed by atoms with E-state index in [-0.39, 0.29) is 5.91 Å². The summed E-state index contributed by atoms with van der Waals surface area (Å²) in [5.41, 5.74) is 0. The summed E-state index contributed by atoms with van der Waals surface area (Å²) < 4.78 is 10.0. The molecule has 0 aliphatic heterocycles. The van der Waals surface area contributed by atoms with Crippen molar-refractivity contribution in [3.63, 3.8) is 0 Å². The van der Waals surface area contributed by atoms with Crippen molar-refractivity contribution in [2.75, 3.05) is 47.1 Å². The van der Waals surface area contributed by atoms with E-state index in [9.17, 15) is 4.79 Å². The normalized spacial score (nSPS) is 15.4. The van der Waals surface area contributed by atoms with Crippen molar-refractivity contribution < 1.29 is 14.3 Å². The van der Waals surface area contributed by atoms with Crippen LogP contribution in [0.5, 0.6) is 0 Å². The number of nitrogens with one attached hydrogen (secondary N) is 1. The maximum Gasteiger partial charge on any atom is 0.234 e. The quantitative estimate of drug-likeness (QED) is 0.599. The van der Waals surface area contributed by atoms with Crippen LogP contribution >= 0.6 is 0 Å². The van der Waals surface area contributed by atoms with Crippen LogP contribution in [-0.4, -0.2) is 63.9 Å². The Hall–Kier alpha value is -0.650. The van der Waals surface area contributed by atoms with Crippen LogP contribution in [0.4, 0.5) is 0 Å². The third kappa shape index (κ3) is 6.05.